The number of aliphatic hydroxyl groups excluding tert-OH is 1. The first-order valence-electron chi connectivity index (χ1n) is 12.5. The van der Waals surface area contributed by atoms with Crippen LogP contribution in [0.5, 0.6) is 0 Å². The first-order valence-corrected chi connectivity index (χ1v) is 13.3. The van der Waals surface area contributed by atoms with Gasteiger partial charge in [-0.05, 0) is 59.3 Å². The van der Waals surface area contributed by atoms with Crippen molar-refractivity contribution >= 4 is 38.7 Å². The number of halogens is 2. The van der Waals surface area contributed by atoms with Crippen LogP contribution in [0.2, 0.25) is 0 Å². The van der Waals surface area contributed by atoms with Gasteiger partial charge in [-0.3, -0.25) is 9.59 Å². The fraction of sp³-hybridized carbons (Fsp3) is 0.407. The van der Waals surface area contributed by atoms with Crippen LogP contribution >= 0.6 is 15.9 Å². The molecular weight excluding hydrogens is 561 g/mol. The second kappa shape index (κ2) is 8.69. The maximum absolute atomic E-state index is 14.9. The van der Waals surface area contributed by atoms with E-state index in [2.05, 4.69) is 21.2 Å². The SMILES string of the molecule is CC[C@@]1(O)C(=O)OCc2c1cc1n(c2=O)Cc2c-1nc1cc(F)c(Br)c3c1c2[C@H](NC(=O)C[C@@H](C)O)CC3. The average molecular weight is 586 g/mol. The van der Waals surface area contributed by atoms with Crippen molar-refractivity contribution in [2.75, 3.05) is 0 Å². The number of amides is 1. The van der Waals surface area contributed by atoms with E-state index in [1.165, 1.54) is 17.6 Å². The zero-order chi connectivity index (χ0) is 27.1. The second-order valence-corrected chi connectivity index (χ2v) is 11.0. The van der Waals surface area contributed by atoms with Crippen LogP contribution in [-0.4, -0.2) is 37.7 Å². The molecule has 0 radical (unpaired) electrons. The molecule has 0 saturated heterocycles. The minimum Gasteiger partial charge on any atom is -0.458 e. The summed E-state index contributed by atoms with van der Waals surface area (Å²) >= 11 is 3.37. The Morgan fingerprint density at radius 3 is 2.82 bits per heavy atom. The van der Waals surface area contributed by atoms with E-state index in [-0.39, 0.29) is 43.0 Å². The van der Waals surface area contributed by atoms with E-state index in [1.807, 2.05) is 0 Å². The number of fused-ring (bicyclic) bond motifs is 5. The Hall–Kier alpha value is -3.15. The molecule has 4 heterocycles. The molecule has 3 aliphatic rings. The minimum atomic E-state index is -1.96. The van der Waals surface area contributed by atoms with Crippen molar-refractivity contribution in [1.82, 2.24) is 14.9 Å². The van der Waals surface area contributed by atoms with Gasteiger partial charge in [0.1, 0.15) is 12.4 Å². The number of benzene rings is 1. The number of ether oxygens (including phenoxy) is 1. The summed E-state index contributed by atoms with van der Waals surface area (Å²) in [6, 6.07) is 2.49. The van der Waals surface area contributed by atoms with Gasteiger partial charge in [0, 0.05) is 22.6 Å². The number of aliphatic hydroxyl groups is 2. The highest BCUT2D eigenvalue weighted by molar-refractivity contribution is 9.10. The molecule has 0 fully saturated rings. The van der Waals surface area contributed by atoms with Crippen molar-refractivity contribution in [2.45, 2.75) is 70.4 Å². The predicted octanol–water partition coefficient (Wildman–Crippen LogP) is 2.86. The smallest absolute Gasteiger partial charge is 0.343 e. The van der Waals surface area contributed by atoms with Crippen molar-refractivity contribution in [2.24, 2.45) is 0 Å². The van der Waals surface area contributed by atoms with Gasteiger partial charge in [0.05, 0.1) is 52.1 Å². The largest absolute Gasteiger partial charge is 0.458 e. The quantitative estimate of drug-likeness (QED) is 0.314. The van der Waals surface area contributed by atoms with Gasteiger partial charge in [0.2, 0.25) is 5.91 Å². The van der Waals surface area contributed by atoms with Crippen LogP contribution in [0, 0.1) is 5.82 Å². The van der Waals surface area contributed by atoms with Gasteiger partial charge in [0.15, 0.2) is 5.60 Å². The predicted molar refractivity (Wildman–Crippen MR) is 138 cm³/mol. The van der Waals surface area contributed by atoms with Crippen LogP contribution in [0.3, 0.4) is 0 Å². The Morgan fingerprint density at radius 2 is 2.11 bits per heavy atom. The molecule has 3 atom stereocenters. The number of carbonyl (C=O) groups is 2. The third-order valence-corrected chi connectivity index (χ3v) is 8.72. The summed E-state index contributed by atoms with van der Waals surface area (Å²) in [6.45, 7) is 3.09. The van der Waals surface area contributed by atoms with E-state index in [4.69, 9.17) is 9.72 Å². The molecule has 1 aliphatic carbocycles. The molecule has 3 N–H and O–H groups in total. The molecule has 2 aliphatic heterocycles. The molecule has 9 nitrogen and oxygen atoms in total. The molecule has 1 aromatic carbocycles. The van der Waals surface area contributed by atoms with Gasteiger partial charge in [0.25, 0.3) is 5.56 Å². The fourth-order valence-corrected chi connectivity index (χ4v) is 6.53. The molecule has 0 unspecified atom stereocenters. The molecule has 6 rings (SSSR count). The zero-order valence-electron chi connectivity index (χ0n) is 20.7. The van der Waals surface area contributed by atoms with Gasteiger partial charge in [-0.25, -0.2) is 14.2 Å². The number of carbonyl (C=O) groups excluding carboxylic acids is 2. The molecule has 0 bridgehead atoms. The molecule has 0 saturated carbocycles. The highest BCUT2D eigenvalue weighted by Gasteiger charge is 2.46. The number of hydrogen-bond acceptors (Lipinski definition) is 7. The van der Waals surface area contributed by atoms with Crippen LogP contribution < -0.4 is 10.9 Å². The topological polar surface area (TPSA) is 131 Å². The Balaban J connectivity index is 1.61. The van der Waals surface area contributed by atoms with Gasteiger partial charge in [-0.15, -0.1) is 0 Å². The number of aryl methyl sites for hydroxylation is 1. The third kappa shape index (κ3) is 3.48. The molecule has 3 aromatic rings. The van der Waals surface area contributed by atoms with E-state index in [0.717, 1.165) is 16.5 Å². The highest BCUT2D eigenvalue weighted by Crippen LogP contribution is 2.46. The fourth-order valence-electron chi connectivity index (χ4n) is 6.02. The second-order valence-electron chi connectivity index (χ2n) is 10.2. The molecular formula is C27H25BrFN3O6. The van der Waals surface area contributed by atoms with E-state index in [1.54, 1.807) is 13.0 Å². The van der Waals surface area contributed by atoms with Crippen molar-refractivity contribution < 1.29 is 28.9 Å². The maximum atomic E-state index is 14.9. The lowest BCUT2D eigenvalue weighted by Gasteiger charge is -2.31. The van der Waals surface area contributed by atoms with E-state index in [0.29, 0.717) is 39.8 Å². The van der Waals surface area contributed by atoms with E-state index in [9.17, 15) is 29.0 Å². The summed E-state index contributed by atoms with van der Waals surface area (Å²) in [5, 5.41) is 24.6. The van der Waals surface area contributed by atoms with E-state index >= 15 is 0 Å². The van der Waals surface area contributed by atoms with Crippen LogP contribution in [0.4, 0.5) is 4.39 Å². The number of aromatic nitrogens is 2. The number of cyclic esters (lactones) is 1. The van der Waals surface area contributed by atoms with E-state index < -0.39 is 35.1 Å². The summed E-state index contributed by atoms with van der Waals surface area (Å²) < 4.78 is 21.9. The lowest BCUT2D eigenvalue weighted by Crippen LogP contribution is -2.44. The average Bonchev–Trinajstić information content (AvgIpc) is 3.24. The van der Waals surface area contributed by atoms with Gasteiger partial charge < -0.3 is 24.8 Å². The number of nitrogens with zero attached hydrogens (tertiary/aromatic N) is 2. The number of esters is 1. The maximum Gasteiger partial charge on any atom is 0.343 e. The Bertz CT molecular complexity index is 1630. The Labute approximate surface area is 224 Å². The van der Waals surface area contributed by atoms with Crippen molar-refractivity contribution in [3.8, 4) is 11.4 Å². The number of nitrogens with one attached hydrogen (secondary N) is 1. The van der Waals surface area contributed by atoms with Crippen LogP contribution in [0.1, 0.15) is 67.0 Å². The molecule has 0 spiro atoms. The Morgan fingerprint density at radius 1 is 1.34 bits per heavy atom. The summed E-state index contributed by atoms with van der Waals surface area (Å²) in [6.07, 6.45) is 0.125. The summed E-state index contributed by atoms with van der Waals surface area (Å²) in [4.78, 5) is 43.5. The summed E-state index contributed by atoms with van der Waals surface area (Å²) in [5.74, 6) is -1.60. The molecule has 38 heavy (non-hydrogen) atoms. The van der Waals surface area contributed by atoms with Crippen molar-refractivity contribution in [3.63, 3.8) is 0 Å². The van der Waals surface area contributed by atoms with Crippen LogP contribution in [0.25, 0.3) is 22.3 Å². The zero-order valence-corrected chi connectivity index (χ0v) is 22.3. The monoisotopic (exact) mass is 585 g/mol. The summed E-state index contributed by atoms with van der Waals surface area (Å²) in [5.41, 5.74) is 1.49. The van der Waals surface area contributed by atoms with Gasteiger partial charge in [-0.2, -0.15) is 0 Å². The van der Waals surface area contributed by atoms with Crippen LogP contribution in [0.15, 0.2) is 21.4 Å². The van der Waals surface area contributed by atoms with Crippen molar-refractivity contribution in [3.05, 3.63) is 60.6 Å². The lowest BCUT2D eigenvalue weighted by atomic mass is 9.83. The first-order chi connectivity index (χ1) is 18.0. The molecule has 198 valence electrons. The molecule has 2 aromatic heterocycles. The molecule has 1 amide bonds. The highest BCUT2D eigenvalue weighted by atomic mass is 79.9. The van der Waals surface area contributed by atoms with Gasteiger partial charge in [-0.1, -0.05) is 6.92 Å². The lowest BCUT2D eigenvalue weighted by molar-refractivity contribution is -0.172. The normalized spacial score (nSPS) is 21.9. The third-order valence-electron chi connectivity index (χ3n) is 7.86. The van der Waals surface area contributed by atoms with Gasteiger partial charge >= 0.3 is 5.97 Å². The van der Waals surface area contributed by atoms with Crippen molar-refractivity contribution in [1.29, 1.82) is 0 Å². The standard InChI is InChI=1S/C27H25BrFN3O6/c1-3-27(37)15-7-19-24-13(9-32(19)25(35)14(15)10-38-26(27)36)22-17(30-20(34)6-11(2)33)5-4-12-21(22)18(31-24)8-16(29)23(12)28/h7-8,11,17,33,37H,3-6,9-10H2,1-2H3,(H,30,34)/t11-,17-,27+/m1/s1. The summed E-state index contributed by atoms with van der Waals surface area (Å²) in [7, 11) is 0. The Kier molecular flexibility index (Phi) is 5.75. The number of rotatable bonds is 4. The minimum absolute atomic E-state index is 0.0188. The molecule has 11 heteroatoms. The number of pyridine rings is 2. The number of hydrogen-bond donors (Lipinski definition) is 3. The first kappa shape index (κ1) is 25.1. The van der Waals surface area contributed by atoms with Crippen LogP contribution in [-0.2, 0) is 39.5 Å².